The van der Waals surface area contributed by atoms with Gasteiger partial charge in [-0.05, 0) is 49.3 Å². The molecule has 1 aliphatic heterocycles. The summed E-state index contributed by atoms with van der Waals surface area (Å²) < 4.78 is 0. The molecule has 0 spiro atoms. The summed E-state index contributed by atoms with van der Waals surface area (Å²) in [5.74, 6) is 3.31. The Kier molecular flexibility index (Phi) is 6.07. The highest BCUT2D eigenvalue weighted by Crippen LogP contribution is 2.47. The van der Waals surface area contributed by atoms with Gasteiger partial charge < -0.3 is 5.73 Å². The Hall–Kier alpha value is 0.270. The molecule has 2 N–H and O–H groups in total. The maximum absolute atomic E-state index is 6.43. The fourth-order valence-corrected chi connectivity index (χ4v) is 6.09. The molecule has 21 heavy (non-hydrogen) atoms. The van der Waals surface area contributed by atoms with Crippen LogP contribution in [0, 0.1) is 11.3 Å². The van der Waals surface area contributed by atoms with Gasteiger partial charge in [-0.15, -0.1) is 0 Å². The van der Waals surface area contributed by atoms with Crippen molar-refractivity contribution < 1.29 is 0 Å². The monoisotopic (exact) mass is 312 g/mol. The third-order valence-corrected chi connectivity index (χ3v) is 7.25. The van der Waals surface area contributed by atoms with Gasteiger partial charge in [0, 0.05) is 23.9 Å². The fraction of sp³-hybridized carbons (Fsp3) is 1.00. The normalized spacial score (nSPS) is 30.4. The lowest BCUT2D eigenvalue weighted by molar-refractivity contribution is -0.0294. The molecule has 1 aliphatic carbocycles. The van der Waals surface area contributed by atoms with E-state index in [2.05, 4.69) is 44.4 Å². The molecule has 2 rings (SSSR count). The zero-order valence-electron chi connectivity index (χ0n) is 14.7. The molecule has 0 amide bonds. The Balaban J connectivity index is 2.25. The number of nitrogens with two attached hydrogens (primary N) is 1. The van der Waals surface area contributed by atoms with Gasteiger partial charge in [-0.1, -0.05) is 40.5 Å². The number of nitrogens with zero attached hydrogens (tertiary/aromatic N) is 1. The molecular weight excluding hydrogens is 276 g/mol. The summed E-state index contributed by atoms with van der Waals surface area (Å²) in [4.78, 5) is 2.88. The highest BCUT2D eigenvalue weighted by molar-refractivity contribution is 7.99. The van der Waals surface area contributed by atoms with Crippen LogP contribution >= 0.6 is 11.8 Å². The van der Waals surface area contributed by atoms with Crippen LogP contribution in [0.25, 0.3) is 0 Å². The number of rotatable bonds is 6. The third-order valence-electron chi connectivity index (χ3n) is 6.07. The van der Waals surface area contributed by atoms with E-state index in [1.165, 1.54) is 56.6 Å². The predicted octanol–water partition coefficient (Wildman–Crippen LogP) is 4.14. The smallest absolute Gasteiger partial charge is 0.0475 e. The molecule has 3 heteroatoms. The first-order valence-electron chi connectivity index (χ1n) is 8.97. The zero-order valence-corrected chi connectivity index (χ0v) is 15.5. The Morgan fingerprint density at radius 2 is 1.90 bits per heavy atom. The van der Waals surface area contributed by atoms with Gasteiger partial charge in [0.05, 0.1) is 0 Å². The second-order valence-electron chi connectivity index (χ2n) is 8.24. The van der Waals surface area contributed by atoms with E-state index in [-0.39, 0.29) is 5.54 Å². The Labute approximate surface area is 136 Å². The summed E-state index contributed by atoms with van der Waals surface area (Å²) in [7, 11) is 0. The van der Waals surface area contributed by atoms with Gasteiger partial charge in [-0.2, -0.15) is 11.8 Å². The van der Waals surface area contributed by atoms with Crippen LogP contribution in [0.15, 0.2) is 0 Å². The third kappa shape index (κ3) is 3.61. The van der Waals surface area contributed by atoms with E-state index in [0.717, 1.165) is 18.5 Å². The molecule has 2 nitrogen and oxygen atoms in total. The van der Waals surface area contributed by atoms with E-state index in [4.69, 9.17) is 5.73 Å². The molecule has 1 heterocycles. The van der Waals surface area contributed by atoms with E-state index in [1.807, 2.05) is 0 Å². The maximum Gasteiger partial charge on any atom is 0.0475 e. The standard InChI is InChI=1S/C18H36N2S/c1-15(2)9-11-20(16-7-5-6-8-16)18(13-19)14-21-12-10-17(18,3)4/h15-16H,5-14,19H2,1-4H3. The summed E-state index contributed by atoms with van der Waals surface area (Å²) in [6.45, 7) is 11.7. The van der Waals surface area contributed by atoms with Crippen LogP contribution in [0.1, 0.15) is 66.2 Å². The van der Waals surface area contributed by atoms with Gasteiger partial charge in [-0.25, -0.2) is 0 Å². The van der Waals surface area contributed by atoms with Crippen molar-refractivity contribution in [1.29, 1.82) is 0 Å². The van der Waals surface area contributed by atoms with E-state index in [0.29, 0.717) is 5.41 Å². The predicted molar refractivity (Wildman–Crippen MR) is 95.9 cm³/mol. The van der Waals surface area contributed by atoms with Crippen molar-refractivity contribution in [2.24, 2.45) is 17.1 Å². The minimum atomic E-state index is 0.208. The van der Waals surface area contributed by atoms with Gasteiger partial charge in [0.15, 0.2) is 0 Å². The quantitative estimate of drug-likeness (QED) is 0.799. The number of hydrogen-bond donors (Lipinski definition) is 1. The second kappa shape index (κ2) is 7.23. The van der Waals surface area contributed by atoms with Crippen LogP contribution in [-0.4, -0.2) is 41.1 Å². The summed E-state index contributed by atoms with van der Waals surface area (Å²) in [6, 6.07) is 0.783. The van der Waals surface area contributed by atoms with Crippen LogP contribution in [0.2, 0.25) is 0 Å². The SMILES string of the molecule is CC(C)CCN(C1CCCC1)C1(CN)CSCCC1(C)C. The van der Waals surface area contributed by atoms with Crippen molar-refractivity contribution in [2.45, 2.75) is 77.8 Å². The van der Waals surface area contributed by atoms with Crippen molar-refractivity contribution >= 4 is 11.8 Å². The van der Waals surface area contributed by atoms with Crippen LogP contribution in [0.3, 0.4) is 0 Å². The minimum Gasteiger partial charge on any atom is -0.329 e. The average Bonchev–Trinajstić information content (AvgIpc) is 2.94. The zero-order chi connectivity index (χ0) is 15.5. The van der Waals surface area contributed by atoms with Crippen LogP contribution in [0.5, 0.6) is 0 Å². The molecule has 1 unspecified atom stereocenters. The van der Waals surface area contributed by atoms with Gasteiger partial charge >= 0.3 is 0 Å². The van der Waals surface area contributed by atoms with Gasteiger partial charge in [0.25, 0.3) is 0 Å². The largest absolute Gasteiger partial charge is 0.329 e. The lowest BCUT2D eigenvalue weighted by atomic mass is 9.69. The summed E-state index contributed by atoms with van der Waals surface area (Å²) in [5.41, 5.74) is 6.98. The Morgan fingerprint density at radius 3 is 2.43 bits per heavy atom. The molecule has 0 aromatic heterocycles. The molecule has 124 valence electrons. The van der Waals surface area contributed by atoms with E-state index < -0.39 is 0 Å². The molecule has 1 atom stereocenters. The minimum absolute atomic E-state index is 0.208. The highest BCUT2D eigenvalue weighted by Gasteiger charge is 2.51. The lowest BCUT2D eigenvalue weighted by Gasteiger charge is -2.57. The molecule has 1 saturated carbocycles. The average molecular weight is 313 g/mol. The first-order valence-corrected chi connectivity index (χ1v) is 10.1. The van der Waals surface area contributed by atoms with Crippen molar-refractivity contribution in [2.75, 3.05) is 24.6 Å². The summed E-state index contributed by atoms with van der Waals surface area (Å²) in [6.07, 6.45) is 8.22. The summed E-state index contributed by atoms with van der Waals surface area (Å²) >= 11 is 2.13. The van der Waals surface area contributed by atoms with Crippen molar-refractivity contribution in [3.63, 3.8) is 0 Å². The topological polar surface area (TPSA) is 29.3 Å². The van der Waals surface area contributed by atoms with Crippen LogP contribution in [0.4, 0.5) is 0 Å². The molecule has 2 fully saturated rings. The molecule has 1 saturated heterocycles. The second-order valence-corrected chi connectivity index (χ2v) is 9.34. The van der Waals surface area contributed by atoms with E-state index >= 15 is 0 Å². The van der Waals surface area contributed by atoms with Crippen molar-refractivity contribution in [3.8, 4) is 0 Å². The molecular formula is C18H36N2S. The highest BCUT2D eigenvalue weighted by atomic mass is 32.2. The van der Waals surface area contributed by atoms with Crippen molar-refractivity contribution in [3.05, 3.63) is 0 Å². The Bertz CT molecular complexity index is 323. The van der Waals surface area contributed by atoms with Gasteiger partial charge in [0.1, 0.15) is 0 Å². The number of thioether (sulfide) groups is 1. The van der Waals surface area contributed by atoms with Crippen LogP contribution in [-0.2, 0) is 0 Å². The molecule has 0 aromatic rings. The van der Waals surface area contributed by atoms with E-state index in [9.17, 15) is 0 Å². The molecule has 0 radical (unpaired) electrons. The number of hydrogen-bond acceptors (Lipinski definition) is 3. The maximum atomic E-state index is 6.43. The molecule has 2 aliphatic rings. The van der Waals surface area contributed by atoms with Crippen LogP contribution < -0.4 is 5.73 Å². The summed E-state index contributed by atoms with van der Waals surface area (Å²) in [5, 5.41) is 0. The van der Waals surface area contributed by atoms with E-state index in [1.54, 1.807) is 0 Å². The Morgan fingerprint density at radius 1 is 1.24 bits per heavy atom. The first-order chi connectivity index (χ1) is 9.93. The first kappa shape index (κ1) is 17.6. The lowest BCUT2D eigenvalue weighted by Crippen LogP contribution is -2.68. The van der Waals surface area contributed by atoms with Gasteiger partial charge in [0.2, 0.25) is 0 Å². The molecule has 0 bridgehead atoms. The fourth-order valence-electron chi connectivity index (χ4n) is 4.28. The molecule has 0 aromatic carbocycles. The van der Waals surface area contributed by atoms with Gasteiger partial charge in [-0.3, -0.25) is 4.90 Å². The van der Waals surface area contributed by atoms with Crippen molar-refractivity contribution in [1.82, 2.24) is 4.90 Å².